The zero-order chi connectivity index (χ0) is 14.0. The smallest absolute Gasteiger partial charge is 0.257 e. The number of hydrogen-bond donors (Lipinski definition) is 2. The first-order chi connectivity index (χ1) is 8.97. The Morgan fingerprint density at radius 3 is 2.63 bits per heavy atom. The number of amides is 1. The fourth-order valence-electron chi connectivity index (χ4n) is 1.76. The summed E-state index contributed by atoms with van der Waals surface area (Å²) in [6.07, 6.45) is 0. The molecular weight excluding hydrogens is 245 g/mol. The van der Waals surface area contributed by atoms with Crippen molar-refractivity contribution in [2.75, 3.05) is 11.1 Å². The van der Waals surface area contributed by atoms with Crippen LogP contribution in [-0.2, 0) is 0 Å². The lowest BCUT2D eigenvalue weighted by atomic mass is 10.1. The highest BCUT2D eigenvalue weighted by atomic mass is 19.1. The topological polar surface area (TPSA) is 68.0 Å². The van der Waals surface area contributed by atoms with Gasteiger partial charge in [-0.05, 0) is 44.2 Å². The first-order valence-electron chi connectivity index (χ1n) is 5.78. The van der Waals surface area contributed by atoms with Gasteiger partial charge in [0.2, 0.25) is 0 Å². The molecule has 0 saturated carbocycles. The second-order valence-corrected chi connectivity index (χ2v) is 4.27. The standard InChI is InChI=1S/C14H14FN3O/c1-8-3-5-11(9(2)17-8)14(19)18-13-6-4-10(15)7-12(13)16/h3-7H,16H2,1-2H3,(H,18,19). The third kappa shape index (κ3) is 2.88. The number of nitrogen functional groups attached to an aromatic ring is 1. The Hall–Kier alpha value is -2.43. The van der Waals surface area contributed by atoms with Crippen molar-refractivity contribution >= 4 is 17.3 Å². The van der Waals surface area contributed by atoms with E-state index in [1.807, 2.05) is 6.92 Å². The van der Waals surface area contributed by atoms with Gasteiger partial charge >= 0.3 is 0 Å². The van der Waals surface area contributed by atoms with Crippen molar-refractivity contribution < 1.29 is 9.18 Å². The minimum absolute atomic E-state index is 0.186. The van der Waals surface area contributed by atoms with Gasteiger partial charge in [0.15, 0.2) is 0 Å². The van der Waals surface area contributed by atoms with Crippen LogP contribution in [-0.4, -0.2) is 10.9 Å². The number of halogens is 1. The lowest BCUT2D eigenvalue weighted by molar-refractivity contribution is 0.102. The maximum atomic E-state index is 12.9. The SMILES string of the molecule is Cc1ccc(C(=O)Nc2ccc(F)cc2N)c(C)n1. The van der Waals surface area contributed by atoms with Crippen LogP contribution in [0, 0.1) is 19.7 Å². The average molecular weight is 259 g/mol. The molecule has 3 N–H and O–H groups in total. The summed E-state index contributed by atoms with van der Waals surface area (Å²) in [6.45, 7) is 3.61. The lowest BCUT2D eigenvalue weighted by Gasteiger charge is -2.09. The third-order valence-corrected chi connectivity index (χ3v) is 2.73. The number of aryl methyl sites for hydroxylation is 2. The number of carbonyl (C=O) groups is 1. The second-order valence-electron chi connectivity index (χ2n) is 4.27. The molecule has 1 amide bonds. The van der Waals surface area contributed by atoms with Gasteiger partial charge in [0.05, 0.1) is 22.6 Å². The highest BCUT2D eigenvalue weighted by molar-refractivity contribution is 6.06. The fraction of sp³-hybridized carbons (Fsp3) is 0.143. The molecule has 0 aliphatic carbocycles. The lowest BCUT2D eigenvalue weighted by Crippen LogP contribution is -2.15. The molecule has 0 spiro atoms. The van der Waals surface area contributed by atoms with Crippen LogP contribution in [0.4, 0.5) is 15.8 Å². The number of nitrogens with one attached hydrogen (secondary N) is 1. The quantitative estimate of drug-likeness (QED) is 0.815. The molecule has 1 aromatic heterocycles. The maximum absolute atomic E-state index is 12.9. The molecule has 2 aromatic rings. The number of nitrogens with zero attached hydrogens (tertiary/aromatic N) is 1. The van der Waals surface area contributed by atoms with Crippen molar-refractivity contribution in [3.8, 4) is 0 Å². The minimum atomic E-state index is -0.441. The summed E-state index contributed by atoms with van der Waals surface area (Å²) >= 11 is 0. The summed E-state index contributed by atoms with van der Waals surface area (Å²) in [5.41, 5.74) is 8.15. The molecule has 98 valence electrons. The molecule has 1 aromatic carbocycles. The average Bonchev–Trinajstić information content (AvgIpc) is 2.32. The van der Waals surface area contributed by atoms with Gasteiger partial charge < -0.3 is 11.1 Å². The van der Waals surface area contributed by atoms with Crippen LogP contribution in [0.25, 0.3) is 0 Å². The maximum Gasteiger partial charge on any atom is 0.257 e. The summed E-state index contributed by atoms with van der Waals surface area (Å²) in [4.78, 5) is 16.3. The number of pyridine rings is 1. The van der Waals surface area contributed by atoms with Crippen LogP contribution in [0.1, 0.15) is 21.7 Å². The molecule has 0 unspecified atom stereocenters. The number of hydrogen-bond acceptors (Lipinski definition) is 3. The molecule has 2 rings (SSSR count). The Morgan fingerprint density at radius 2 is 2.00 bits per heavy atom. The van der Waals surface area contributed by atoms with Gasteiger partial charge in [-0.3, -0.25) is 9.78 Å². The molecular formula is C14H14FN3O. The zero-order valence-electron chi connectivity index (χ0n) is 10.7. The molecule has 4 nitrogen and oxygen atoms in total. The van der Waals surface area contributed by atoms with Gasteiger partial charge in [0.1, 0.15) is 5.82 Å². The number of carbonyl (C=O) groups excluding carboxylic acids is 1. The van der Waals surface area contributed by atoms with E-state index in [-0.39, 0.29) is 11.6 Å². The number of anilines is 2. The highest BCUT2D eigenvalue weighted by Gasteiger charge is 2.11. The van der Waals surface area contributed by atoms with Crippen molar-refractivity contribution in [1.29, 1.82) is 0 Å². The molecule has 0 radical (unpaired) electrons. The highest BCUT2D eigenvalue weighted by Crippen LogP contribution is 2.20. The fourth-order valence-corrected chi connectivity index (χ4v) is 1.76. The molecule has 0 aliphatic heterocycles. The molecule has 0 aliphatic rings. The largest absolute Gasteiger partial charge is 0.397 e. The number of benzene rings is 1. The van der Waals surface area contributed by atoms with E-state index < -0.39 is 5.82 Å². The van der Waals surface area contributed by atoms with Crippen molar-refractivity contribution in [3.63, 3.8) is 0 Å². The minimum Gasteiger partial charge on any atom is -0.397 e. The van der Waals surface area contributed by atoms with E-state index in [0.717, 1.165) is 11.8 Å². The molecule has 5 heteroatoms. The Bertz CT molecular complexity index is 641. The molecule has 0 atom stereocenters. The first-order valence-corrected chi connectivity index (χ1v) is 5.78. The summed E-state index contributed by atoms with van der Waals surface area (Å²) in [5, 5.41) is 2.64. The van der Waals surface area contributed by atoms with Crippen LogP contribution in [0.2, 0.25) is 0 Å². The predicted octanol–water partition coefficient (Wildman–Crippen LogP) is 2.67. The molecule has 0 saturated heterocycles. The monoisotopic (exact) mass is 259 g/mol. The predicted molar refractivity (Wildman–Crippen MR) is 72.5 cm³/mol. The van der Waals surface area contributed by atoms with Gasteiger partial charge in [-0.2, -0.15) is 0 Å². The Morgan fingerprint density at radius 1 is 1.26 bits per heavy atom. The van der Waals surface area contributed by atoms with Crippen molar-refractivity contribution in [2.24, 2.45) is 0 Å². The van der Waals surface area contributed by atoms with Gasteiger partial charge in [-0.1, -0.05) is 0 Å². The first kappa shape index (κ1) is 13.0. The molecule has 19 heavy (non-hydrogen) atoms. The van der Waals surface area contributed by atoms with Gasteiger partial charge in [0.25, 0.3) is 5.91 Å². The van der Waals surface area contributed by atoms with E-state index in [9.17, 15) is 9.18 Å². The van der Waals surface area contributed by atoms with Crippen molar-refractivity contribution in [1.82, 2.24) is 4.98 Å². The summed E-state index contributed by atoms with van der Waals surface area (Å²) < 4.78 is 12.9. The molecule has 0 bridgehead atoms. The van der Waals surface area contributed by atoms with E-state index in [1.54, 1.807) is 19.1 Å². The van der Waals surface area contributed by atoms with E-state index >= 15 is 0 Å². The second kappa shape index (κ2) is 5.06. The third-order valence-electron chi connectivity index (χ3n) is 2.73. The number of aromatic nitrogens is 1. The van der Waals surface area contributed by atoms with E-state index in [1.165, 1.54) is 12.1 Å². The van der Waals surface area contributed by atoms with E-state index in [2.05, 4.69) is 10.3 Å². The van der Waals surface area contributed by atoms with Crippen molar-refractivity contribution in [3.05, 3.63) is 53.1 Å². The normalized spacial score (nSPS) is 10.3. The van der Waals surface area contributed by atoms with Gasteiger partial charge in [0, 0.05) is 5.69 Å². The number of rotatable bonds is 2. The van der Waals surface area contributed by atoms with Crippen LogP contribution < -0.4 is 11.1 Å². The Labute approximate surface area is 110 Å². The zero-order valence-corrected chi connectivity index (χ0v) is 10.7. The summed E-state index contributed by atoms with van der Waals surface area (Å²) in [7, 11) is 0. The van der Waals surface area contributed by atoms with Crippen molar-refractivity contribution in [2.45, 2.75) is 13.8 Å². The van der Waals surface area contributed by atoms with Crippen LogP contribution in [0.3, 0.4) is 0 Å². The van der Waals surface area contributed by atoms with E-state index in [0.29, 0.717) is 16.9 Å². The van der Waals surface area contributed by atoms with Crippen LogP contribution in [0.15, 0.2) is 30.3 Å². The number of nitrogens with two attached hydrogens (primary N) is 1. The Kier molecular flexibility index (Phi) is 3.46. The van der Waals surface area contributed by atoms with Crippen LogP contribution >= 0.6 is 0 Å². The molecule has 1 heterocycles. The van der Waals surface area contributed by atoms with Gasteiger partial charge in [-0.25, -0.2) is 4.39 Å². The summed E-state index contributed by atoms with van der Waals surface area (Å²) in [5.74, 6) is -0.757. The molecule has 0 fully saturated rings. The Balaban J connectivity index is 2.25. The van der Waals surface area contributed by atoms with Crippen LogP contribution in [0.5, 0.6) is 0 Å². The van der Waals surface area contributed by atoms with E-state index in [4.69, 9.17) is 5.73 Å². The summed E-state index contributed by atoms with van der Waals surface area (Å²) in [6, 6.07) is 7.30. The van der Waals surface area contributed by atoms with Gasteiger partial charge in [-0.15, -0.1) is 0 Å².